The summed E-state index contributed by atoms with van der Waals surface area (Å²) in [7, 11) is 0. The number of halogens is 1. The molecule has 2 rings (SSSR count). The minimum absolute atomic E-state index is 0.0836. The van der Waals surface area contributed by atoms with Crippen LogP contribution in [0.25, 0.3) is 0 Å². The van der Waals surface area contributed by atoms with Crippen LogP contribution in [0.2, 0.25) is 5.02 Å². The van der Waals surface area contributed by atoms with E-state index in [0.717, 1.165) is 11.3 Å². The molecular weight excluding hydrogens is 412 g/mol. The van der Waals surface area contributed by atoms with Crippen LogP contribution in [0.4, 0.5) is 0 Å². The van der Waals surface area contributed by atoms with E-state index in [0.29, 0.717) is 43.5 Å². The summed E-state index contributed by atoms with van der Waals surface area (Å²) < 4.78 is 5.73. The van der Waals surface area contributed by atoms with Crippen molar-refractivity contribution >= 4 is 23.4 Å². The molecule has 1 unspecified atom stereocenters. The van der Waals surface area contributed by atoms with Gasteiger partial charge in [-0.1, -0.05) is 55.3 Å². The predicted octanol–water partition coefficient (Wildman–Crippen LogP) is 5.00. The van der Waals surface area contributed by atoms with Gasteiger partial charge in [0.05, 0.1) is 6.61 Å². The van der Waals surface area contributed by atoms with E-state index in [9.17, 15) is 9.59 Å². The Morgan fingerprint density at radius 1 is 1.10 bits per heavy atom. The van der Waals surface area contributed by atoms with Crippen molar-refractivity contribution in [2.45, 2.75) is 53.1 Å². The van der Waals surface area contributed by atoms with Crippen LogP contribution in [0.1, 0.15) is 44.7 Å². The number of ether oxygens (including phenoxy) is 1. The van der Waals surface area contributed by atoms with Gasteiger partial charge in [-0.2, -0.15) is 0 Å². The maximum absolute atomic E-state index is 13.0. The number of hydrogen-bond donors (Lipinski definition) is 1. The molecule has 2 amide bonds. The van der Waals surface area contributed by atoms with Gasteiger partial charge in [0.1, 0.15) is 11.8 Å². The maximum Gasteiger partial charge on any atom is 0.242 e. The first-order valence-electron chi connectivity index (χ1n) is 10.8. The number of amides is 2. The molecule has 0 saturated heterocycles. The van der Waals surface area contributed by atoms with Crippen molar-refractivity contribution in [2.24, 2.45) is 5.92 Å². The number of aryl methyl sites for hydroxylation is 1. The summed E-state index contributed by atoms with van der Waals surface area (Å²) in [5.41, 5.74) is 2.06. The van der Waals surface area contributed by atoms with Crippen LogP contribution in [0.3, 0.4) is 0 Å². The molecule has 2 aromatic carbocycles. The van der Waals surface area contributed by atoms with Crippen LogP contribution >= 0.6 is 11.6 Å². The summed E-state index contributed by atoms with van der Waals surface area (Å²) in [6.07, 6.45) is 0.868. The maximum atomic E-state index is 13.0. The first kappa shape index (κ1) is 24.7. The minimum atomic E-state index is -0.580. The second-order valence-corrected chi connectivity index (χ2v) is 8.67. The fraction of sp³-hybridized carbons (Fsp3) is 0.440. The van der Waals surface area contributed by atoms with Gasteiger partial charge < -0.3 is 15.0 Å². The Labute approximate surface area is 190 Å². The number of carbonyl (C=O) groups is 2. The average molecular weight is 445 g/mol. The molecule has 1 N–H and O–H groups in total. The van der Waals surface area contributed by atoms with Crippen molar-refractivity contribution < 1.29 is 14.3 Å². The molecule has 0 heterocycles. The van der Waals surface area contributed by atoms with Crippen molar-refractivity contribution in [1.82, 2.24) is 10.2 Å². The Hall–Kier alpha value is -2.53. The summed E-state index contributed by atoms with van der Waals surface area (Å²) in [6.45, 7) is 9.20. The van der Waals surface area contributed by atoms with Crippen molar-refractivity contribution in [1.29, 1.82) is 0 Å². The molecule has 5 nitrogen and oxygen atoms in total. The van der Waals surface area contributed by atoms with E-state index in [1.165, 1.54) is 5.56 Å². The van der Waals surface area contributed by atoms with Crippen LogP contribution in [0.15, 0.2) is 48.5 Å². The lowest BCUT2D eigenvalue weighted by Crippen LogP contribution is -2.48. The third-order valence-electron chi connectivity index (χ3n) is 4.92. The van der Waals surface area contributed by atoms with E-state index in [1.807, 2.05) is 63.2 Å². The molecule has 0 fully saturated rings. The van der Waals surface area contributed by atoms with Gasteiger partial charge in [-0.25, -0.2) is 0 Å². The molecule has 0 aromatic heterocycles. The molecule has 0 bridgehead atoms. The molecule has 1 atom stereocenters. The monoisotopic (exact) mass is 444 g/mol. The molecule has 0 saturated carbocycles. The van der Waals surface area contributed by atoms with Crippen LogP contribution in [0.5, 0.6) is 5.75 Å². The zero-order valence-electron chi connectivity index (χ0n) is 18.9. The number of benzene rings is 2. The van der Waals surface area contributed by atoms with Crippen molar-refractivity contribution in [3.05, 3.63) is 64.7 Å². The van der Waals surface area contributed by atoms with E-state index < -0.39 is 6.04 Å². The highest BCUT2D eigenvalue weighted by Crippen LogP contribution is 2.17. The predicted molar refractivity (Wildman–Crippen MR) is 125 cm³/mol. The van der Waals surface area contributed by atoms with Gasteiger partial charge in [0.25, 0.3) is 0 Å². The normalized spacial score (nSPS) is 11.8. The summed E-state index contributed by atoms with van der Waals surface area (Å²) in [4.78, 5) is 27.3. The highest BCUT2D eigenvalue weighted by atomic mass is 35.5. The first-order chi connectivity index (χ1) is 14.8. The molecule has 0 aliphatic heterocycles. The van der Waals surface area contributed by atoms with Gasteiger partial charge >= 0.3 is 0 Å². The van der Waals surface area contributed by atoms with E-state index in [1.54, 1.807) is 17.9 Å². The number of carbonyl (C=O) groups excluding carboxylic acids is 2. The van der Waals surface area contributed by atoms with Crippen LogP contribution < -0.4 is 10.1 Å². The Morgan fingerprint density at radius 3 is 2.45 bits per heavy atom. The highest BCUT2D eigenvalue weighted by molar-refractivity contribution is 6.30. The number of nitrogens with zero attached hydrogens (tertiary/aromatic N) is 1. The number of nitrogens with one attached hydrogen (secondary N) is 1. The minimum Gasteiger partial charge on any atom is -0.494 e. The van der Waals surface area contributed by atoms with Gasteiger partial charge in [-0.15, -0.1) is 0 Å². The fourth-order valence-electron chi connectivity index (χ4n) is 3.06. The van der Waals surface area contributed by atoms with Gasteiger partial charge in [-0.05, 0) is 56.0 Å². The van der Waals surface area contributed by atoms with Crippen molar-refractivity contribution in [3.8, 4) is 5.75 Å². The third-order valence-corrected chi connectivity index (χ3v) is 5.15. The lowest BCUT2D eigenvalue weighted by Gasteiger charge is -2.29. The van der Waals surface area contributed by atoms with Gasteiger partial charge in [-0.3, -0.25) is 9.59 Å². The molecule has 0 spiro atoms. The summed E-state index contributed by atoms with van der Waals surface area (Å²) in [6, 6.07) is 14.6. The zero-order chi connectivity index (χ0) is 22.8. The van der Waals surface area contributed by atoms with Crippen molar-refractivity contribution in [2.75, 3.05) is 13.2 Å². The van der Waals surface area contributed by atoms with E-state index >= 15 is 0 Å². The fourth-order valence-corrected chi connectivity index (χ4v) is 3.27. The van der Waals surface area contributed by atoms with Gasteiger partial charge in [0.15, 0.2) is 0 Å². The Kier molecular flexibility index (Phi) is 9.86. The molecule has 6 heteroatoms. The van der Waals surface area contributed by atoms with E-state index in [-0.39, 0.29) is 11.8 Å². The molecule has 0 aliphatic rings. The standard InChI is InChI=1S/C25H33ClN2O3/c1-18(2)16-27-25(30)20(4)28(17-21-7-5-8-22(26)15-21)24(29)9-6-14-31-23-12-10-19(3)11-13-23/h5,7-8,10-13,15,18,20H,6,9,14,16-17H2,1-4H3,(H,27,30). The second kappa shape index (κ2) is 12.4. The number of rotatable bonds is 11. The zero-order valence-corrected chi connectivity index (χ0v) is 19.6. The average Bonchev–Trinajstić information content (AvgIpc) is 2.74. The third kappa shape index (κ3) is 8.62. The summed E-state index contributed by atoms with van der Waals surface area (Å²) >= 11 is 6.11. The molecular formula is C25H33ClN2O3. The van der Waals surface area contributed by atoms with Crippen molar-refractivity contribution in [3.63, 3.8) is 0 Å². The second-order valence-electron chi connectivity index (χ2n) is 8.23. The molecule has 0 aliphatic carbocycles. The highest BCUT2D eigenvalue weighted by Gasteiger charge is 2.26. The summed E-state index contributed by atoms with van der Waals surface area (Å²) in [5.74, 6) is 0.891. The Bertz CT molecular complexity index is 852. The lowest BCUT2D eigenvalue weighted by molar-refractivity contribution is -0.140. The Morgan fingerprint density at radius 2 is 1.81 bits per heavy atom. The van der Waals surface area contributed by atoms with Crippen LogP contribution in [-0.4, -0.2) is 35.9 Å². The van der Waals surface area contributed by atoms with Crippen LogP contribution in [-0.2, 0) is 16.1 Å². The van der Waals surface area contributed by atoms with Crippen LogP contribution in [0, 0.1) is 12.8 Å². The SMILES string of the molecule is Cc1ccc(OCCCC(=O)N(Cc2cccc(Cl)c2)C(C)C(=O)NCC(C)C)cc1. The largest absolute Gasteiger partial charge is 0.494 e. The quantitative estimate of drug-likeness (QED) is 0.496. The van der Waals surface area contributed by atoms with Gasteiger partial charge in [0, 0.05) is 24.5 Å². The van der Waals surface area contributed by atoms with Gasteiger partial charge in [0.2, 0.25) is 11.8 Å². The first-order valence-corrected chi connectivity index (χ1v) is 11.1. The Balaban J connectivity index is 1.98. The molecule has 168 valence electrons. The smallest absolute Gasteiger partial charge is 0.242 e. The topological polar surface area (TPSA) is 58.6 Å². The summed E-state index contributed by atoms with van der Waals surface area (Å²) in [5, 5.41) is 3.53. The van der Waals surface area contributed by atoms with E-state index in [2.05, 4.69) is 5.32 Å². The molecule has 0 radical (unpaired) electrons. The number of hydrogen-bond acceptors (Lipinski definition) is 3. The lowest BCUT2D eigenvalue weighted by atomic mass is 10.1. The molecule has 2 aromatic rings. The van der Waals surface area contributed by atoms with E-state index in [4.69, 9.17) is 16.3 Å². The molecule has 31 heavy (non-hydrogen) atoms.